The van der Waals surface area contributed by atoms with E-state index in [-0.39, 0.29) is 0 Å². The van der Waals surface area contributed by atoms with Gasteiger partial charge >= 0.3 is 0 Å². The molecule has 0 radical (unpaired) electrons. The van der Waals surface area contributed by atoms with Crippen molar-refractivity contribution < 1.29 is 4.79 Å². The lowest BCUT2D eigenvalue weighted by molar-refractivity contribution is -0.119. The summed E-state index contributed by atoms with van der Waals surface area (Å²) in [5, 5.41) is 0. The standard InChI is InChI=1S/C38H64O/c1-3-5-7-9-11-13-15-17-19-21-23-25-27-29-31-33-35-37-38(39)36-34-32-30-28-26-24-22-20-18-16-14-12-10-8-6-4-2/h11-14,17-20,24,26,30,32H,3-10,15-16,21-23,25,27-29,31,33-37H2,1-2H3/b13-11?,14-12-,19-17?,20-18-,26-24-,32-30-. The summed E-state index contributed by atoms with van der Waals surface area (Å²) < 4.78 is 0. The lowest BCUT2D eigenvalue weighted by Gasteiger charge is -2.01. The second kappa shape index (κ2) is 34.1. The molecule has 0 heterocycles. The number of carbonyl (C=O) groups is 1. The van der Waals surface area contributed by atoms with E-state index < -0.39 is 0 Å². The fourth-order valence-electron chi connectivity index (χ4n) is 4.42. The first-order valence-corrected chi connectivity index (χ1v) is 16.7. The summed E-state index contributed by atoms with van der Waals surface area (Å²) in [6.45, 7) is 4.50. The van der Waals surface area contributed by atoms with Gasteiger partial charge in [0.25, 0.3) is 0 Å². The molecular formula is C38H64O. The Morgan fingerprint density at radius 2 is 0.692 bits per heavy atom. The fourth-order valence-corrected chi connectivity index (χ4v) is 4.42. The molecule has 0 unspecified atom stereocenters. The van der Waals surface area contributed by atoms with Gasteiger partial charge in [0, 0.05) is 12.8 Å². The number of hydrogen-bond acceptors (Lipinski definition) is 1. The van der Waals surface area contributed by atoms with Crippen LogP contribution < -0.4 is 0 Å². The topological polar surface area (TPSA) is 17.1 Å². The van der Waals surface area contributed by atoms with Crippen LogP contribution in [-0.2, 0) is 4.79 Å². The van der Waals surface area contributed by atoms with Crippen molar-refractivity contribution in [2.24, 2.45) is 0 Å². The average molecular weight is 537 g/mol. The maximum atomic E-state index is 12.1. The van der Waals surface area contributed by atoms with Gasteiger partial charge in [-0.3, -0.25) is 4.79 Å². The van der Waals surface area contributed by atoms with Crippen molar-refractivity contribution in [2.45, 2.75) is 162 Å². The summed E-state index contributed by atoms with van der Waals surface area (Å²) in [6, 6.07) is 0. The maximum absolute atomic E-state index is 12.1. The van der Waals surface area contributed by atoms with Crippen LogP contribution in [0.5, 0.6) is 0 Å². The van der Waals surface area contributed by atoms with E-state index in [4.69, 9.17) is 0 Å². The molecule has 39 heavy (non-hydrogen) atoms. The molecule has 0 saturated carbocycles. The molecule has 0 aliphatic rings. The lowest BCUT2D eigenvalue weighted by Crippen LogP contribution is -1.96. The number of unbranched alkanes of at least 4 members (excludes halogenated alkanes) is 13. The third-order valence-electron chi connectivity index (χ3n) is 6.95. The summed E-state index contributed by atoms with van der Waals surface area (Å²) in [4.78, 5) is 12.1. The molecule has 0 aliphatic heterocycles. The minimum Gasteiger partial charge on any atom is -0.300 e. The monoisotopic (exact) mass is 536 g/mol. The molecule has 1 heteroatoms. The van der Waals surface area contributed by atoms with Gasteiger partial charge in [0.05, 0.1) is 0 Å². The zero-order valence-electron chi connectivity index (χ0n) is 26.1. The molecule has 0 bridgehead atoms. The van der Waals surface area contributed by atoms with Crippen molar-refractivity contribution in [2.75, 3.05) is 0 Å². The molecule has 0 saturated heterocycles. The van der Waals surface area contributed by atoms with Crippen LogP contribution in [0.2, 0.25) is 0 Å². The summed E-state index contributed by atoms with van der Waals surface area (Å²) in [5.41, 5.74) is 0. The number of Topliss-reactive ketones (excluding diaryl/α,β-unsaturated/α-hetero) is 1. The molecule has 0 amide bonds. The van der Waals surface area contributed by atoms with Crippen LogP contribution in [0.4, 0.5) is 0 Å². The van der Waals surface area contributed by atoms with Gasteiger partial charge in [-0.05, 0) is 77.0 Å². The lowest BCUT2D eigenvalue weighted by atomic mass is 10.0. The Bertz CT molecular complexity index is 673. The smallest absolute Gasteiger partial charge is 0.133 e. The second-order valence-corrected chi connectivity index (χ2v) is 10.9. The van der Waals surface area contributed by atoms with Gasteiger partial charge in [-0.15, -0.1) is 0 Å². The Balaban J connectivity index is 3.42. The van der Waals surface area contributed by atoms with Crippen molar-refractivity contribution in [3.63, 3.8) is 0 Å². The summed E-state index contributed by atoms with van der Waals surface area (Å²) in [6.07, 6.45) is 54.1. The quantitative estimate of drug-likeness (QED) is 0.0686. The molecule has 0 aliphatic carbocycles. The van der Waals surface area contributed by atoms with Crippen LogP contribution in [0.1, 0.15) is 162 Å². The minimum atomic E-state index is 0.433. The zero-order valence-corrected chi connectivity index (χ0v) is 26.1. The highest BCUT2D eigenvalue weighted by molar-refractivity contribution is 5.78. The molecule has 0 aromatic rings. The van der Waals surface area contributed by atoms with Crippen LogP contribution in [0.15, 0.2) is 72.9 Å². The van der Waals surface area contributed by atoms with E-state index >= 15 is 0 Å². The Morgan fingerprint density at radius 3 is 1.13 bits per heavy atom. The average Bonchev–Trinajstić information content (AvgIpc) is 2.94. The van der Waals surface area contributed by atoms with Crippen LogP contribution in [0.25, 0.3) is 0 Å². The number of carbonyl (C=O) groups excluding carboxylic acids is 1. The third kappa shape index (κ3) is 34.1. The Labute approximate surface area is 244 Å². The minimum absolute atomic E-state index is 0.433. The molecule has 0 fully saturated rings. The van der Waals surface area contributed by atoms with Gasteiger partial charge in [0.2, 0.25) is 0 Å². The van der Waals surface area contributed by atoms with Crippen molar-refractivity contribution in [1.29, 1.82) is 0 Å². The van der Waals surface area contributed by atoms with E-state index in [9.17, 15) is 4.79 Å². The van der Waals surface area contributed by atoms with E-state index in [1.807, 2.05) is 0 Å². The highest BCUT2D eigenvalue weighted by Gasteiger charge is 2.00. The predicted octanol–water partition coefficient (Wildman–Crippen LogP) is 12.9. The SMILES string of the molecule is CCCCCC=CCC=CCCCCCCCCCC(=O)CC/C=C\C/C=C\C/C=C\C/C=C\CCCCC. The molecular weight excluding hydrogens is 472 g/mol. The van der Waals surface area contributed by atoms with E-state index in [0.717, 1.165) is 44.9 Å². The third-order valence-corrected chi connectivity index (χ3v) is 6.95. The van der Waals surface area contributed by atoms with E-state index in [0.29, 0.717) is 12.2 Å². The van der Waals surface area contributed by atoms with E-state index in [2.05, 4.69) is 86.8 Å². The number of ketones is 1. The van der Waals surface area contributed by atoms with Gasteiger partial charge in [-0.25, -0.2) is 0 Å². The van der Waals surface area contributed by atoms with Crippen molar-refractivity contribution in [1.82, 2.24) is 0 Å². The molecule has 0 N–H and O–H groups in total. The largest absolute Gasteiger partial charge is 0.300 e. The molecule has 0 atom stereocenters. The molecule has 222 valence electrons. The Morgan fingerprint density at radius 1 is 0.359 bits per heavy atom. The Kier molecular flexibility index (Phi) is 32.5. The van der Waals surface area contributed by atoms with E-state index in [1.165, 1.54) is 96.3 Å². The maximum Gasteiger partial charge on any atom is 0.133 e. The van der Waals surface area contributed by atoms with Gasteiger partial charge in [-0.2, -0.15) is 0 Å². The van der Waals surface area contributed by atoms with Crippen LogP contribution >= 0.6 is 0 Å². The molecule has 0 aromatic carbocycles. The van der Waals surface area contributed by atoms with Crippen LogP contribution in [-0.4, -0.2) is 5.78 Å². The first kappa shape index (κ1) is 37.1. The Hall–Kier alpha value is -1.89. The van der Waals surface area contributed by atoms with E-state index in [1.54, 1.807) is 0 Å². The summed E-state index contributed by atoms with van der Waals surface area (Å²) in [7, 11) is 0. The second-order valence-electron chi connectivity index (χ2n) is 10.9. The van der Waals surface area contributed by atoms with Crippen molar-refractivity contribution in [3.8, 4) is 0 Å². The van der Waals surface area contributed by atoms with Gasteiger partial charge in [-0.1, -0.05) is 145 Å². The van der Waals surface area contributed by atoms with Gasteiger partial charge in [0.15, 0.2) is 0 Å². The molecule has 0 rings (SSSR count). The van der Waals surface area contributed by atoms with Gasteiger partial charge in [0.1, 0.15) is 5.78 Å². The first-order valence-electron chi connectivity index (χ1n) is 16.7. The molecule has 0 aromatic heterocycles. The van der Waals surface area contributed by atoms with Crippen LogP contribution in [0.3, 0.4) is 0 Å². The fraction of sp³-hybridized carbons (Fsp3) is 0.658. The van der Waals surface area contributed by atoms with Crippen molar-refractivity contribution >= 4 is 5.78 Å². The van der Waals surface area contributed by atoms with Crippen LogP contribution in [0, 0.1) is 0 Å². The number of rotatable bonds is 29. The van der Waals surface area contributed by atoms with Gasteiger partial charge < -0.3 is 0 Å². The number of allylic oxidation sites excluding steroid dienone is 12. The highest BCUT2D eigenvalue weighted by atomic mass is 16.1. The summed E-state index contributed by atoms with van der Waals surface area (Å²) >= 11 is 0. The normalized spacial score (nSPS) is 12.7. The highest BCUT2D eigenvalue weighted by Crippen LogP contribution is 2.11. The first-order chi connectivity index (χ1) is 19.3. The predicted molar refractivity (Wildman–Crippen MR) is 177 cm³/mol. The molecule has 0 spiro atoms. The van der Waals surface area contributed by atoms with Crippen molar-refractivity contribution in [3.05, 3.63) is 72.9 Å². The summed E-state index contributed by atoms with van der Waals surface area (Å²) in [5.74, 6) is 0.433. The molecule has 1 nitrogen and oxygen atoms in total. The number of hydrogen-bond donors (Lipinski definition) is 0. The zero-order chi connectivity index (χ0) is 28.3.